The zero-order valence-electron chi connectivity index (χ0n) is 17.4. The summed E-state index contributed by atoms with van der Waals surface area (Å²) in [5.74, 6) is 0.996. The Morgan fingerprint density at radius 2 is 1.94 bits per heavy atom. The van der Waals surface area contributed by atoms with Gasteiger partial charge in [-0.25, -0.2) is 14.4 Å². The second kappa shape index (κ2) is 9.78. The highest BCUT2D eigenvalue weighted by Crippen LogP contribution is 2.17. The Morgan fingerprint density at radius 3 is 2.69 bits per heavy atom. The Bertz CT molecular complexity index is 1180. The van der Waals surface area contributed by atoms with Gasteiger partial charge in [-0.3, -0.25) is 4.79 Å². The minimum absolute atomic E-state index is 0.343. The number of carbonyl (C=O) groups excluding carboxylic acids is 1. The summed E-state index contributed by atoms with van der Waals surface area (Å²) in [6, 6.07) is 17.2. The molecule has 162 valence electrons. The monoisotopic (exact) mass is 431 g/mol. The van der Waals surface area contributed by atoms with E-state index in [1.807, 2.05) is 35.9 Å². The van der Waals surface area contributed by atoms with Crippen molar-refractivity contribution in [1.82, 2.24) is 30.0 Å². The SMILES string of the molecule is Cn1c(CNc2cccc(C(=O)N[C@@H](CF)c3ccccc3)c2)nnc1-c1ccncn1. The van der Waals surface area contributed by atoms with E-state index in [4.69, 9.17) is 0 Å². The molecule has 0 radical (unpaired) electrons. The normalized spacial score (nSPS) is 11.7. The third-order valence-electron chi connectivity index (χ3n) is 5.01. The molecule has 1 amide bonds. The molecule has 0 aliphatic carbocycles. The Balaban J connectivity index is 1.42. The molecule has 0 aliphatic rings. The average molecular weight is 431 g/mol. The van der Waals surface area contributed by atoms with Gasteiger partial charge in [-0.1, -0.05) is 36.4 Å². The average Bonchev–Trinajstić information content (AvgIpc) is 3.22. The van der Waals surface area contributed by atoms with Gasteiger partial charge >= 0.3 is 0 Å². The van der Waals surface area contributed by atoms with Gasteiger partial charge in [0.25, 0.3) is 5.91 Å². The van der Waals surface area contributed by atoms with E-state index >= 15 is 0 Å². The molecule has 0 unspecified atom stereocenters. The molecule has 9 heteroatoms. The van der Waals surface area contributed by atoms with E-state index < -0.39 is 12.7 Å². The number of hydrogen-bond donors (Lipinski definition) is 2. The predicted octanol–water partition coefficient (Wildman–Crippen LogP) is 3.32. The molecule has 0 fully saturated rings. The summed E-state index contributed by atoms with van der Waals surface area (Å²) in [5.41, 5.74) is 2.57. The molecule has 0 saturated carbocycles. The summed E-state index contributed by atoms with van der Waals surface area (Å²) in [6.07, 6.45) is 3.11. The topological polar surface area (TPSA) is 97.6 Å². The van der Waals surface area contributed by atoms with Crippen LogP contribution in [0.3, 0.4) is 0 Å². The summed E-state index contributed by atoms with van der Waals surface area (Å²) in [4.78, 5) is 20.8. The largest absolute Gasteiger partial charge is 0.378 e. The van der Waals surface area contributed by atoms with Gasteiger partial charge in [-0.15, -0.1) is 10.2 Å². The number of rotatable bonds is 8. The van der Waals surface area contributed by atoms with Crippen molar-refractivity contribution in [1.29, 1.82) is 0 Å². The molecule has 8 nitrogen and oxygen atoms in total. The number of halogens is 1. The van der Waals surface area contributed by atoms with Gasteiger partial charge in [-0.2, -0.15) is 0 Å². The van der Waals surface area contributed by atoms with E-state index in [2.05, 4.69) is 30.8 Å². The highest BCUT2D eigenvalue weighted by atomic mass is 19.1. The number of amides is 1. The van der Waals surface area contributed by atoms with Crippen LogP contribution in [0.1, 0.15) is 27.8 Å². The molecular formula is C23H22FN7O. The lowest BCUT2D eigenvalue weighted by atomic mass is 10.1. The molecule has 1 atom stereocenters. The first-order chi connectivity index (χ1) is 15.7. The minimum Gasteiger partial charge on any atom is -0.378 e. The first-order valence-electron chi connectivity index (χ1n) is 10.1. The van der Waals surface area contributed by atoms with Crippen molar-refractivity contribution in [2.45, 2.75) is 12.6 Å². The van der Waals surface area contributed by atoms with Crippen molar-refractivity contribution in [3.63, 3.8) is 0 Å². The van der Waals surface area contributed by atoms with Gasteiger partial charge in [0, 0.05) is 24.5 Å². The fourth-order valence-corrected chi connectivity index (χ4v) is 3.25. The molecule has 0 bridgehead atoms. The molecule has 32 heavy (non-hydrogen) atoms. The lowest BCUT2D eigenvalue weighted by Gasteiger charge is -2.16. The van der Waals surface area contributed by atoms with Crippen molar-refractivity contribution in [3.05, 3.63) is 90.1 Å². The van der Waals surface area contributed by atoms with Crippen molar-refractivity contribution in [2.24, 2.45) is 7.05 Å². The van der Waals surface area contributed by atoms with Crippen molar-refractivity contribution in [3.8, 4) is 11.5 Å². The maximum absolute atomic E-state index is 13.5. The van der Waals surface area contributed by atoms with Gasteiger partial charge in [0.05, 0.1) is 12.6 Å². The molecule has 0 spiro atoms. The fraction of sp³-hybridized carbons (Fsp3) is 0.174. The Morgan fingerprint density at radius 1 is 1.09 bits per heavy atom. The first kappa shape index (κ1) is 21.1. The number of carbonyl (C=O) groups is 1. The van der Waals surface area contributed by atoms with Crippen molar-refractivity contribution in [2.75, 3.05) is 12.0 Å². The number of benzene rings is 2. The number of aromatic nitrogens is 5. The molecule has 0 saturated heterocycles. The van der Waals surface area contributed by atoms with Gasteiger partial charge in [0.1, 0.15) is 18.7 Å². The van der Waals surface area contributed by atoms with Crippen molar-refractivity contribution >= 4 is 11.6 Å². The van der Waals surface area contributed by atoms with E-state index in [1.165, 1.54) is 6.33 Å². The zero-order valence-corrected chi connectivity index (χ0v) is 17.4. The maximum atomic E-state index is 13.5. The summed E-state index contributed by atoms with van der Waals surface area (Å²) < 4.78 is 15.4. The predicted molar refractivity (Wildman–Crippen MR) is 118 cm³/mol. The lowest BCUT2D eigenvalue weighted by molar-refractivity contribution is 0.0930. The second-order valence-corrected chi connectivity index (χ2v) is 7.12. The van der Waals surface area contributed by atoms with Crippen molar-refractivity contribution < 1.29 is 9.18 Å². The third-order valence-corrected chi connectivity index (χ3v) is 5.01. The molecule has 4 aromatic rings. The summed E-state index contributed by atoms with van der Waals surface area (Å²) in [6.45, 7) is -0.286. The highest BCUT2D eigenvalue weighted by Gasteiger charge is 2.16. The quantitative estimate of drug-likeness (QED) is 0.444. The van der Waals surface area contributed by atoms with E-state index in [1.54, 1.807) is 42.6 Å². The fourth-order valence-electron chi connectivity index (χ4n) is 3.25. The number of anilines is 1. The van der Waals surface area contributed by atoms with Gasteiger partial charge in [0.2, 0.25) is 0 Å². The molecule has 4 rings (SSSR count). The van der Waals surface area contributed by atoms with Crippen LogP contribution < -0.4 is 10.6 Å². The minimum atomic E-state index is -0.695. The molecule has 2 N–H and O–H groups in total. The van der Waals surface area contributed by atoms with Crippen LogP contribution in [0, 0.1) is 0 Å². The Labute approximate surface area is 184 Å². The number of hydrogen-bond acceptors (Lipinski definition) is 6. The van der Waals surface area contributed by atoms with Crippen LogP contribution in [0.25, 0.3) is 11.5 Å². The summed E-state index contributed by atoms with van der Waals surface area (Å²) in [7, 11) is 1.86. The van der Waals surface area contributed by atoms with Gasteiger partial charge in [0.15, 0.2) is 11.6 Å². The van der Waals surface area contributed by atoms with Gasteiger partial charge in [-0.05, 0) is 29.8 Å². The molecule has 2 aromatic heterocycles. The molecular weight excluding hydrogens is 409 g/mol. The zero-order chi connectivity index (χ0) is 22.3. The Hall–Kier alpha value is -4.14. The first-order valence-corrected chi connectivity index (χ1v) is 10.1. The second-order valence-electron chi connectivity index (χ2n) is 7.12. The van der Waals surface area contributed by atoms with E-state index in [9.17, 15) is 9.18 Å². The van der Waals surface area contributed by atoms with Crippen LogP contribution in [0.15, 0.2) is 73.2 Å². The maximum Gasteiger partial charge on any atom is 0.251 e. The van der Waals surface area contributed by atoms with Crippen LogP contribution >= 0.6 is 0 Å². The van der Waals surface area contributed by atoms with Crippen LogP contribution in [0.5, 0.6) is 0 Å². The van der Waals surface area contributed by atoms with Crippen LogP contribution in [0.4, 0.5) is 10.1 Å². The summed E-state index contributed by atoms with van der Waals surface area (Å²) >= 11 is 0. The van der Waals surface area contributed by atoms with Gasteiger partial charge < -0.3 is 15.2 Å². The molecule has 2 aromatic carbocycles. The van der Waals surface area contributed by atoms with E-state index in [-0.39, 0.29) is 5.91 Å². The third kappa shape index (κ3) is 4.77. The number of nitrogens with one attached hydrogen (secondary N) is 2. The summed E-state index contributed by atoms with van der Waals surface area (Å²) in [5, 5.41) is 14.4. The van der Waals surface area contributed by atoms with Crippen LogP contribution in [-0.2, 0) is 13.6 Å². The van der Waals surface area contributed by atoms with E-state index in [0.29, 0.717) is 29.5 Å². The van der Waals surface area contributed by atoms with Crippen LogP contribution in [-0.4, -0.2) is 37.3 Å². The standard InChI is InChI=1S/C23H22FN7O/c1-31-21(29-30-22(31)19-10-11-25-15-27-19)14-26-18-9-5-8-17(12-18)23(32)28-20(13-24)16-6-3-2-4-7-16/h2-12,15,20,26H,13-14H2,1H3,(H,28,32)/t20-/m0/s1. The molecule has 0 aliphatic heterocycles. The smallest absolute Gasteiger partial charge is 0.251 e. The highest BCUT2D eigenvalue weighted by molar-refractivity contribution is 5.95. The van der Waals surface area contributed by atoms with E-state index in [0.717, 1.165) is 11.3 Å². The van der Waals surface area contributed by atoms with Crippen LogP contribution in [0.2, 0.25) is 0 Å². The lowest BCUT2D eigenvalue weighted by Crippen LogP contribution is -2.29. The Kier molecular flexibility index (Phi) is 6.45. The molecule has 2 heterocycles. The number of nitrogens with zero attached hydrogens (tertiary/aromatic N) is 5. The number of alkyl halides is 1.